The number of nitrogens with zero attached hydrogens (tertiary/aromatic N) is 1. The Kier molecular flexibility index (Phi) is 3.06. The lowest BCUT2D eigenvalue weighted by Crippen LogP contribution is -2.05. The van der Waals surface area contributed by atoms with Crippen molar-refractivity contribution in [1.82, 2.24) is 9.97 Å². The molecule has 16 heavy (non-hydrogen) atoms. The van der Waals surface area contributed by atoms with E-state index in [2.05, 4.69) is 42.0 Å². The molecule has 1 aromatic carbocycles. The third kappa shape index (κ3) is 2.31. The van der Waals surface area contributed by atoms with Crippen LogP contribution in [0.5, 0.6) is 0 Å². The van der Waals surface area contributed by atoms with Crippen LogP contribution in [0.4, 0.5) is 0 Å². The highest BCUT2D eigenvalue weighted by molar-refractivity contribution is 5.31. The normalized spacial score (nSPS) is 12.7. The third-order valence-corrected chi connectivity index (χ3v) is 2.75. The standard InChI is InChI=1S/C13H16N2O/c1-9-3-4-11(10(2)7-9)8-12(16)13-14-5-6-15-13/h3-7,12,16H,8H2,1-2H3,(H,14,15). The molecule has 0 radical (unpaired) electrons. The van der Waals surface area contributed by atoms with Gasteiger partial charge in [-0.3, -0.25) is 0 Å². The van der Waals surface area contributed by atoms with E-state index in [-0.39, 0.29) is 0 Å². The fraction of sp³-hybridized carbons (Fsp3) is 0.308. The van der Waals surface area contributed by atoms with Crippen LogP contribution in [0.1, 0.15) is 28.6 Å². The second kappa shape index (κ2) is 4.49. The molecule has 0 aliphatic carbocycles. The molecule has 0 saturated heterocycles. The Morgan fingerprint density at radius 3 is 2.81 bits per heavy atom. The van der Waals surface area contributed by atoms with Crippen molar-refractivity contribution in [2.24, 2.45) is 0 Å². The molecular weight excluding hydrogens is 200 g/mol. The van der Waals surface area contributed by atoms with Gasteiger partial charge in [-0.2, -0.15) is 0 Å². The van der Waals surface area contributed by atoms with Gasteiger partial charge < -0.3 is 10.1 Å². The summed E-state index contributed by atoms with van der Waals surface area (Å²) in [6, 6.07) is 6.26. The second-order valence-electron chi connectivity index (χ2n) is 4.12. The van der Waals surface area contributed by atoms with Gasteiger partial charge in [-0.25, -0.2) is 4.98 Å². The summed E-state index contributed by atoms with van der Waals surface area (Å²) in [5, 5.41) is 9.96. The average molecular weight is 216 g/mol. The topological polar surface area (TPSA) is 48.9 Å². The molecule has 0 aliphatic rings. The van der Waals surface area contributed by atoms with Crippen LogP contribution < -0.4 is 0 Å². The second-order valence-corrected chi connectivity index (χ2v) is 4.12. The Morgan fingerprint density at radius 1 is 1.38 bits per heavy atom. The van der Waals surface area contributed by atoms with E-state index < -0.39 is 6.10 Å². The number of benzene rings is 1. The van der Waals surface area contributed by atoms with Crippen molar-refractivity contribution in [1.29, 1.82) is 0 Å². The van der Waals surface area contributed by atoms with E-state index >= 15 is 0 Å². The maximum absolute atomic E-state index is 9.96. The molecule has 3 heteroatoms. The first-order chi connectivity index (χ1) is 7.66. The monoisotopic (exact) mass is 216 g/mol. The maximum Gasteiger partial charge on any atom is 0.135 e. The number of rotatable bonds is 3. The summed E-state index contributed by atoms with van der Waals surface area (Å²) in [5.74, 6) is 0.625. The minimum Gasteiger partial charge on any atom is -0.385 e. The minimum absolute atomic E-state index is 0.559. The van der Waals surface area contributed by atoms with E-state index in [1.165, 1.54) is 11.1 Å². The predicted octanol–water partition coefficient (Wildman–Crippen LogP) is 2.30. The number of aromatic amines is 1. The maximum atomic E-state index is 9.96. The number of aliphatic hydroxyl groups excluding tert-OH is 1. The number of hydrogen-bond donors (Lipinski definition) is 2. The predicted molar refractivity (Wildman–Crippen MR) is 63.2 cm³/mol. The summed E-state index contributed by atoms with van der Waals surface area (Å²) in [5.41, 5.74) is 3.62. The highest BCUT2D eigenvalue weighted by Gasteiger charge is 2.11. The summed E-state index contributed by atoms with van der Waals surface area (Å²) < 4.78 is 0. The van der Waals surface area contributed by atoms with Gasteiger partial charge in [-0.1, -0.05) is 23.8 Å². The van der Waals surface area contributed by atoms with Gasteiger partial charge >= 0.3 is 0 Å². The first-order valence-corrected chi connectivity index (χ1v) is 5.40. The summed E-state index contributed by atoms with van der Waals surface area (Å²) in [7, 11) is 0. The zero-order valence-corrected chi connectivity index (χ0v) is 9.57. The van der Waals surface area contributed by atoms with Gasteiger partial charge in [0.05, 0.1) is 0 Å². The molecule has 0 amide bonds. The molecule has 1 atom stereocenters. The van der Waals surface area contributed by atoms with Crippen LogP contribution >= 0.6 is 0 Å². The quantitative estimate of drug-likeness (QED) is 0.827. The fourth-order valence-electron chi connectivity index (χ4n) is 1.84. The largest absolute Gasteiger partial charge is 0.385 e. The van der Waals surface area contributed by atoms with Gasteiger partial charge in [-0.15, -0.1) is 0 Å². The van der Waals surface area contributed by atoms with E-state index in [9.17, 15) is 5.11 Å². The van der Waals surface area contributed by atoms with Crippen molar-refractivity contribution in [3.8, 4) is 0 Å². The lowest BCUT2D eigenvalue weighted by molar-refractivity contribution is 0.169. The molecule has 0 saturated carbocycles. The molecule has 2 aromatic rings. The van der Waals surface area contributed by atoms with Crippen molar-refractivity contribution >= 4 is 0 Å². The number of hydrogen-bond acceptors (Lipinski definition) is 2. The molecule has 0 aliphatic heterocycles. The molecule has 1 heterocycles. The molecular formula is C13H16N2O. The van der Waals surface area contributed by atoms with Crippen LogP contribution in [-0.4, -0.2) is 15.1 Å². The van der Waals surface area contributed by atoms with E-state index in [0.717, 1.165) is 5.56 Å². The SMILES string of the molecule is Cc1ccc(CC(O)c2ncc[nH]2)c(C)c1. The van der Waals surface area contributed by atoms with Crippen LogP contribution in [-0.2, 0) is 6.42 Å². The van der Waals surface area contributed by atoms with Crippen molar-refractivity contribution < 1.29 is 5.11 Å². The van der Waals surface area contributed by atoms with Gasteiger partial charge in [0.15, 0.2) is 0 Å². The highest BCUT2D eigenvalue weighted by Crippen LogP contribution is 2.18. The lowest BCUT2D eigenvalue weighted by Gasteiger charge is -2.10. The highest BCUT2D eigenvalue weighted by atomic mass is 16.3. The molecule has 1 unspecified atom stereocenters. The smallest absolute Gasteiger partial charge is 0.135 e. The number of H-pyrrole nitrogens is 1. The molecule has 84 valence electrons. The van der Waals surface area contributed by atoms with Crippen molar-refractivity contribution in [3.63, 3.8) is 0 Å². The first kappa shape index (κ1) is 10.9. The summed E-state index contributed by atoms with van der Waals surface area (Å²) in [6.07, 6.45) is 3.41. The van der Waals surface area contributed by atoms with Crippen LogP contribution in [0, 0.1) is 13.8 Å². The number of imidazole rings is 1. The number of aryl methyl sites for hydroxylation is 2. The zero-order valence-electron chi connectivity index (χ0n) is 9.57. The van der Waals surface area contributed by atoms with E-state index in [0.29, 0.717) is 12.2 Å². The van der Waals surface area contributed by atoms with Crippen LogP contribution in [0.2, 0.25) is 0 Å². The first-order valence-electron chi connectivity index (χ1n) is 5.40. The lowest BCUT2D eigenvalue weighted by atomic mass is 10.0. The van der Waals surface area contributed by atoms with Crippen LogP contribution in [0.15, 0.2) is 30.6 Å². The van der Waals surface area contributed by atoms with Gasteiger partial charge in [0.25, 0.3) is 0 Å². The molecule has 2 N–H and O–H groups in total. The third-order valence-electron chi connectivity index (χ3n) is 2.75. The Balaban J connectivity index is 2.15. The Bertz CT molecular complexity index is 463. The van der Waals surface area contributed by atoms with Gasteiger partial charge in [0.2, 0.25) is 0 Å². The molecule has 0 bridgehead atoms. The van der Waals surface area contributed by atoms with E-state index in [1.54, 1.807) is 12.4 Å². The van der Waals surface area contributed by atoms with Crippen molar-refractivity contribution in [3.05, 3.63) is 53.1 Å². The zero-order chi connectivity index (χ0) is 11.5. The van der Waals surface area contributed by atoms with Crippen molar-refractivity contribution in [2.45, 2.75) is 26.4 Å². The van der Waals surface area contributed by atoms with Gasteiger partial charge in [0.1, 0.15) is 11.9 Å². The Labute approximate surface area is 95.2 Å². The van der Waals surface area contributed by atoms with Gasteiger partial charge in [-0.05, 0) is 25.0 Å². The van der Waals surface area contributed by atoms with Crippen molar-refractivity contribution in [2.75, 3.05) is 0 Å². The average Bonchev–Trinajstić information content (AvgIpc) is 2.75. The van der Waals surface area contributed by atoms with Gasteiger partial charge in [0, 0.05) is 18.8 Å². The van der Waals surface area contributed by atoms with Crippen LogP contribution in [0.25, 0.3) is 0 Å². The molecule has 0 fully saturated rings. The number of aromatic nitrogens is 2. The summed E-state index contributed by atoms with van der Waals surface area (Å²) >= 11 is 0. The summed E-state index contributed by atoms with van der Waals surface area (Å²) in [4.78, 5) is 6.98. The number of nitrogens with one attached hydrogen (secondary N) is 1. The fourth-order valence-corrected chi connectivity index (χ4v) is 1.84. The van der Waals surface area contributed by atoms with E-state index in [1.807, 2.05) is 0 Å². The minimum atomic E-state index is -0.559. The molecule has 0 spiro atoms. The molecule has 1 aromatic heterocycles. The Hall–Kier alpha value is -1.61. The molecule has 2 rings (SSSR count). The Morgan fingerprint density at radius 2 is 2.19 bits per heavy atom. The van der Waals surface area contributed by atoms with E-state index in [4.69, 9.17) is 0 Å². The van der Waals surface area contributed by atoms with Crippen LogP contribution in [0.3, 0.4) is 0 Å². The number of aliphatic hydroxyl groups is 1. The molecule has 3 nitrogen and oxygen atoms in total. The summed E-state index contributed by atoms with van der Waals surface area (Å²) in [6.45, 7) is 4.14.